The van der Waals surface area contributed by atoms with E-state index in [1.165, 1.54) is 0 Å². The van der Waals surface area contributed by atoms with Crippen molar-refractivity contribution < 1.29 is 14.3 Å². The Morgan fingerprint density at radius 3 is 3.13 bits per heavy atom. The molecule has 0 N–H and O–H groups in total. The molecule has 15 heavy (non-hydrogen) atoms. The second-order valence-corrected chi connectivity index (χ2v) is 3.98. The average molecular weight is 204 g/mol. The molecule has 3 nitrogen and oxygen atoms in total. The molecule has 1 fully saturated rings. The van der Waals surface area contributed by atoms with E-state index in [1.807, 2.05) is 31.2 Å². The molecule has 0 unspecified atom stereocenters. The number of fused-ring (bicyclic) bond motifs is 3. The van der Waals surface area contributed by atoms with E-state index in [0.717, 1.165) is 12.0 Å². The van der Waals surface area contributed by atoms with Gasteiger partial charge in [-0.3, -0.25) is 0 Å². The number of hydrogen-bond donors (Lipinski definition) is 0. The molecule has 2 atom stereocenters. The molecule has 1 aromatic rings. The van der Waals surface area contributed by atoms with Crippen LogP contribution >= 0.6 is 0 Å². The van der Waals surface area contributed by atoms with E-state index in [4.69, 9.17) is 9.47 Å². The fourth-order valence-corrected chi connectivity index (χ4v) is 2.32. The monoisotopic (exact) mass is 204 g/mol. The molecule has 0 spiro atoms. The second kappa shape index (κ2) is 2.83. The number of rotatable bonds is 2. The number of esters is 1. The van der Waals surface area contributed by atoms with E-state index in [1.54, 1.807) is 0 Å². The van der Waals surface area contributed by atoms with Gasteiger partial charge in [0.05, 0.1) is 11.5 Å². The van der Waals surface area contributed by atoms with Gasteiger partial charge in [-0.2, -0.15) is 0 Å². The van der Waals surface area contributed by atoms with Crippen molar-refractivity contribution in [2.75, 3.05) is 6.61 Å². The van der Waals surface area contributed by atoms with E-state index in [0.29, 0.717) is 12.2 Å². The summed E-state index contributed by atoms with van der Waals surface area (Å²) in [5, 5.41) is 0. The van der Waals surface area contributed by atoms with Crippen LogP contribution in [0.25, 0.3) is 0 Å². The Hall–Kier alpha value is -1.35. The van der Waals surface area contributed by atoms with Gasteiger partial charge in [0, 0.05) is 13.0 Å². The summed E-state index contributed by atoms with van der Waals surface area (Å²) in [7, 11) is 0. The number of benzene rings is 1. The largest absolute Gasteiger partial charge is 0.429 e. The summed E-state index contributed by atoms with van der Waals surface area (Å²) in [6.45, 7) is 2.49. The molecule has 1 aliphatic heterocycles. The zero-order valence-corrected chi connectivity index (χ0v) is 8.53. The van der Waals surface area contributed by atoms with E-state index >= 15 is 0 Å². The summed E-state index contributed by atoms with van der Waals surface area (Å²) in [4.78, 5) is 11.7. The molecule has 0 aromatic heterocycles. The van der Waals surface area contributed by atoms with Crippen molar-refractivity contribution in [3.05, 3.63) is 35.4 Å². The second-order valence-electron chi connectivity index (χ2n) is 3.98. The molecule has 0 radical (unpaired) electrons. The highest BCUT2D eigenvalue weighted by atomic mass is 16.7. The van der Waals surface area contributed by atoms with Crippen molar-refractivity contribution in [3.8, 4) is 0 Å². The molecule has 1 aromatic carbocycles. The number of ether oxygens (including phenoxy) is 2. The van der Waals surface area contributed by atoms with Crippen LogP contribution in [0.4, 0.5) is 0 Å². The van der Waals surface area contributed by atoms with Crippen molar-refractivity contribution in [1.82, 2.24) is 0 Å². The third-order valence-corrected chi connectivity index (χ3v) is 3.07. The minimum atomic E-state index is -0.639. The van der Waals surface area contributed by atoms with Crippen molar-refractivity contribution >= 4 is 5.97 Å². The summed E-state index contributed by atoms with van der Waals surface area (Å²) in [5.41, 5.74) is 1.76. The lowest BCUT2D eigenvalue weighted by Gasteiger charge is -2.24. The minimum Gasteiger partial charge on any atom is -0.429 e. The van der Waals surface area contributed by atoms with Crippen LogP contribution in [-0.4, -0.2) is 18.4 Å². The molecule has 3 heteroatoms. The van der Waals surface area contributed by atoms with E-state index in [2.05, 4.69) is 0 Å². The Morgan fingerprint density at radius 2 is 2.33 bits per heavy atom. The van der Waals surface area contributed by atoms with Gasteiger partial charge in [-0.15, -0.1) is 0 Å². The quantitative estimate of drug-likeness (QED) is 0.692. The van der Waals surface area contributed by atoms with Crippen LogP contribution in [0.5, 0.6) is 0 Å². The normalized spacial score (nSPS) is 31.5. The Labute approximate surface area is 88.0 Å². The maximum Gasteiger partial charge on any atom is 0.340 e. The Bertz CT molecular complexity index is 427. The molecular formula is C12H12O3. The highest BCUT2D eigenvalue weighted by Gasteiger charge is 2.63. The lowest BCUT2D eigenvalue weighted by Crippen LogP contribution is -2.29. The van der Waals surface area contributed by atoms with Crippen LogP contribution in [0.15, 0.2) is 24.3 Å². The molecule has 1 heterocycles. The highest BCUT2D eigenvalue weighted by Crippen LogP contribution is 2.58. The first-order chi connectivity index (χ1) is 7.27. The van der Waals surface area contributed by atoms with E-state index < -0.39 is 5.79 Å². The van der Waals surface area contributed by atoms with Crippen molar-refractivity contribution in [1.29, 1.82) is 0 Å². The SMILES string of the molecule is CCO[C@]12C[C@H]1c1ccccc1C(=O)O2. The summed E-state index contributed by atoms with van der Waals surface area (Å²) in [6, 6.07) is 7.61. The fourth-order valence-electron chi connectivity index (χ4n) is 2.32. The third-order valence-electron chi connectivity index (χ3n) is 3.07. The van der Waals surface area contributed by atoms with Gasteiger partial charge < -0.3 is 9.47 Å². The molecule has 78 valence electrons. The molecule has 0 bridgehead atoms. The summed E-state index contributed by atoms with van der Waals surface area (Å²) >= 11 is 0. The van der Waals surface area contributed by atoms with Gasteiger partial charge in [0.2, 0.25) is 5.79 Å². The van der Waals surface area contributed by atoms with Gasteiger partial charge in [0.25, 0.3) is 0 Å². The van der Waals surface area contributed by atoms with Crippen molar-refractivity contribution in [2.24, 2.45) is 0 Å². The maximum absolute atomic E-state index is 11.7. The van der Waals surface area contributed by atoms with E-state index in [-0.39, 0.29) is 11.9 Å². The topological polar surface area (TPSA) is 35.5 Å². The predicted molar refractivity (Wildman–Crippen MR) is 53.6 cm³/mol. The smallest absolute Gasteiger partial charge is 0.340 e. The zero-order chi connectivity index (χ0) is 10.5. The van der Waals surface area contributed by atoms with Gasteiger partial charge in [-0.1, -0.05) is 18.2 Å². The summed E-state index contributed by atoms with van der Waals surface area (Å²) in [6.07, 6.45) is 0.795. The third kappa shape index (κ3) is 1.13. The molecule has 1 saturated carbocycles. The standard InChI is InChI=1S/C12H12O3/c1-2-14-12-7-10(12)8-5-3-4-6-9(8)11(13)15-12/h3-6,10H,2,7H2,1H3/t10-,12-/m0/s1. The predicted octanol–water partition coefficient (Wildman–Crippen LogP) is 2.08. The molecule has 0 saturated heterocycles. The lowest BCUT2D eigenvalue weighted by molar-refractivity contribution is -0.136. The average Bonchev–Trinajstić information content (AvgIpc) is 2.93. The molecule has 0 amide bonds. The van der Waals surface area contributed by atoms with Gasteiger partial charge in [-0.05, 0) is 18.6 Å². The lowest BCUT2D eigenvalue weighted by atomic mass is 10.0. The fraction of sp³-hybridized carbons (Fsp3) is 0.417. The van der Waals surface area contributed by atoms with Crippen LogP contribution in [0.2, 0.25) is 0 Å². The Kier molecular flexibility index (Phi) is 1.68. The summed E-state index contributed by atoms with van der Waals surface area (Å²) in [5.74, 6) is -0.653. The first kappa shape index (κ1) is 8.92. The Balaban J connectivity index is 2.03. The molecular weight excluding hydrogens is 192 g/mol. The highest BCUT2D eigenvalue weighted by molar-refractivity contribution is 5.93. The van der Waals surface area contributed by atoms with Crippen molar-refractivity contribution in [2.45, 2.75) is 25.0 Å². The van der Waals surface area contributed by atoms with Gasteiger partial charge >= 0.3 is 5.97 Å². The van der Waals surface area contributed by atoms with E-state index in [9.17, 15) is 4.79 Å². The van der Waals surface area contributed by atoms with Crippen LogP contribution in [-0.2, 0) is 9.47 Å². The van der Waals surface area contributed by atoms with Crippen LogP contribution in [0.3, 0.4) is 0 Å². The van der Waals surface area contributed by atoms with Gasteiger partial charge in [-0.25, -0.2) is 4.79 Å². The van der Waals surface area contributed by atoms with Crippen molar-refractivity contribution in [3.63, 3.8) is 0 Å². The number of carbonyl (C=O) groups excluding carboxylic acids is 1. The molecule has 2 aliphatic rings. The van der Waals surface area contributed by atoms with Gasteiger partial charge in [0.1, 0.15) is 0 Å². The molecule has 3 rings (SSSR count). The zero-order valence-electron chi connectivity index (χ0n) is 8.53. The number of carbonyl (C=O) groups is 1. The maximum atomic E-state index is 11.7. The van der Waals surface area contributed by atoms with Crippen LogP contribution in [0.1, 0.15) is 35.2 Å². The Morgan fingerprint density at radius 1 is 1.53 bits per heavy atom. The first-order valence-electron chi connectivity index (χ1n) is 5.23. The summed E-state index contributed by atoms with van der Waals surface area (Å²) < 4.78 is 10.9. The van der Waals surface area contributed by atoms with Crippen LogP contribution in [0, 0.1) is 0 Å². The first-order valence-corrected chi connectivity index (χ1v) is 5.23. The minimum absolute atomic E-state index is 0.242. The van der Waals surface area contributed by atoms with Gasteiger partial charge in [0.15, 0.2) is 0 Å². The number of hydrogen-bond acceptors (Lipinski definition) is 3. The van der Waals surface area contributed by atoms with Crippen LogP contribution < -0.4 is 0 Å². The molecule has 1 aliphatic carbocycles.